The Bertz CT molecular complexity index is 1040. The standard InChI is InChI=1S/C28H38N4O4/c1-30-13-5-4-6-22(30)19-15-31(16-19)23-7-2-3-8-25(23)36-20-9-10-21-18(14-20)17-32(28(21)35)24-11-12-26(33)29-27(24)34/h9-10,14,19,22-25H,2-8,11-13,15-17H2,1H3,(H,29,33,34)/t22?,23-,24?,25-/m1/s1. The Morgan fingerprint density at radius 3 is 2.53 bits per heavy atom. The van der Waals surface area contributed by atoms with Crippen LogP contribution in [0.5, 0.6) is 5.75 Å². The minimum atomic E-state index is -0.586. The van der Waals surface area contributed by atoms with Gasteiger partial charge >= 0.3 is 0 Å². The van der Waals surface area contributed by atoms with E-state index in [1.807, 2.05) is 18.2 Å². The molecule has 8 heteroatoms. The number of benzene rings is 1. The first-order valence-electron chi connectivity index (χ1n) is 13.9. The molecule has 6 rings (SSSR count). The Morgan fingerprint density at radius 2 is 1.72 bits per heavy atom. The lowest BCUT2D eigenvalue weighted by Gasteiger charge is -2.52. The quantitative estimate of drug-likeness (QED) is 0.634. The summed E-state index contributed by atoms with van der Waals surface area (Å²) in [6.07, 6.45) is 9.55. The first-order valence-corrected chi connectivity index (χ1v) is 13.9. The van der Waals surface area contributed by atoms with Crippen molar-refractivity contribution in [1.29, 1.82) is 0 Å². The van der Waals surface area contributed by atoms with Crippen LogP contribution in [-0.4, -0.2) is 83.3 Å². The molecule has 0 radical (unpaired) electrons. The summed E-state index contributed by atoms with van der Waals surface area (Å²) in [5.41, 5.74) is 1.54. The second-order valence-corrected chi connectivity index (χ2v) is 11.5. The van der Waals surface area contributed by atoms with Crippen molar-refractivity contribution in [2.45, 2.75) is 88.6 Å². The maximum Gasteiger partial charge on any atom is 0.255 e. The van der Waals surface area contributed by atoms with Crippen LogP contribution in [0.4, 0.5) is 0 Å². The third-order valence-electron chi connectivity index (χ3n) is 9.23. The van der Waals surface area contributed by atoms with E-state index in [0.29, 0.717) is 24.6 Å². The van der Waals surface area contributed by atoms with Crippen LogP contribution < -0.4 is 10.1 Å². The van der Waals surface area contributed by atoms with Gasteiger partial charge in [-0.2, -0.15) is 0 Å². The van der Waals surface area contributed by atoms with E-state index in [2.05, 4.69) is 22.2 Å². The molecule has 4 aliphatic heterocycles. The Morgan fingerprint density at radius 1 is 0.944 bits per heavy atom. The van der Waals surface area contributed by atoms with Gasteiger partial charge in [0, 0.05) is 43.7 Å². The Balaban J connectivity index is 1.10. The van der Waals surface area contributed by atoms with Crippen LogP contribution in [0.1, 0.15) is 73.7 Å². The molecular weight excluding hydrogens is 456 g/mol. The summed E-state index contributed by atoms with van der Waals surface area (Å²) in [6.45, 7) is 3.98. The van der Waals surface area contributed by atoms with E-state index in [-0.39, 0.29) is 30.2 Å². The molecule has 3 amide bonds. The third kappa shape index (κ3) is 4.43. The largest absolute Gasteiger partial charge is 0.489 e. The molecule has 4 atom stereocenters. The molecule has 4 heterocycles. The fourth-order valence-corrected chi connectivity index (χ4v) is 7.19. The number of amides is 3. The van der Waals surface area contributed by atoms with Crippen LogP contribution in [0.3, 0.4) is 0 Å². The summed E-state index contributed by atoms with van der Waals surface area (Å²) in [5.74, 6) is 0.814. The molecule has 3 saturated heterocycles. The van der Waals surface area contributed by atoms with Crippen molar-refractivity contribution >= 4 is 17.7 Å². The monoisotopic (exact) mass is 494 g/mol. The molecular formula is C28H38N4O4. The Kier molecular flexibility index (Phi) is 6.50. The molecule has 0 spiro atoms. The van der Waals surface area contributed by atoms with Crippen LogP contribution >= 0.6 is 0 Å². The molecule has 1 saturated carbocycles. The first kappa shape index (κ1) is 23.9. The summed E-state index contributed by atoms with van der Waals surface area (Å²) in [5, 5.41) is 2.37. The lowest BCUT2D eigenvalue weighted by molar-refractivity contribution is -0.136. The fraction of sp³-hybridized carbons (Fsp3) is 0.679. The highest BCUT2D eigenvalue weighted by atomic mass is 16.5. The Hall–Kier alpha value is -2.45. The maximum absolute atomic E-state index is 13.0. The van der Waals surface area contributed by atoms with Crippen molar-refractivity contribution in [2.75, 3.05) is 26.7 Å². The average Bonchev–Trinajstić information content (AvgIpc) is 3.16. The fourth-order valence-electron chi connectivity index (χ4n) is 7.19. The zero-order valence-electron chi connectivity index (χ0n) is 21.3. The van der Waals surface area contributed by atoms with Crippen LogP contribution in [0.25, 0.3) is 0 Å². The lowest BCUT2D eigenvalue weighted by atomic mass is 9.81. The van der Waals surface area contributed by atoms with Crippen LogP contribution in [-0.2, 0) is 16.1 Å². The van der Waals surface area contributed by atoms with Crippen molar-refractivity contribution in [3.63, 3.8) is 0 Å². The molecule has 5 aliphatic rings. The number of hydrogen-bond donors (Lipinski definition) is 1. The van der Waals surface area contributed by atoms with E-state index in [1.54, 1.807) is 4.90 Å². The summed E-state index contributed by atoms with van der Waals surface area (Å²) < 4.78 is 6.60. The topological polar surface area (TPSA) is 82.2 Å². The van der Waals surface area contributed by atoms with Crippen LogP contribution in [0.2, 0.25) is 0 Å². The van der Waals surface area contributed by atoms with Gasteiger partial charge in [-0.3, -0.25) is 24.6 Å². The number of carbonyl (C=O) groups excluding carboxylic acids is 3. The summed E-state index contributed by atoms with van der Waals surface area (Å²) in [4.78, 5) is 43.7. The average molecular weight is 495 g/mol. The molecule has 4 fully saturated rings. The number of ether oxygens (including phenoxy) is 1. The molecule has 0 aromatic heterocycles. The minimum absolute atomic E-state index is 0.138. The molecule has 1 aromatic rings. The molecule has 36 heavy (non-hydrogen) atoms. The second-order valence-electron chi connectivity index (χ2n) is 11.5. The van der Waals surface area contributed by atoms with Gasteiger partial charge in [-0.1, -0.05) is 12.8 Å². The van der Waals surface area contributed by atoms with Crippen molar-refractivity contribution in [3.05, 3.63) is 29.3 Å². The van der Waals surface area contributed by atoms with E-state index in [9.17, 15) is 14.4 Å². The second kappa shape index (κ2) is 9.78. The normalized spacial score (nSPS) is 32.2. The lowest BCUT2D eigenvalue weighted by Crippen LogP contribution is -2.62. The van der Waals surface area contributed by atoms with Crippen LogP contribution in [0, 0.1) is 5.92 Å². The molecule has 194 valence electrons. The van der Waals surface area contributed by atoms with E-state index < -0.39 is 6.04 Å². The minimum Gasteiger partial charge on any atom is -0.489 e. The number of carbonyl (C=O) groups is 3. The molecule has 1 aromatic carbocycles. The van der Waals surface area contributed by atoms with E-state index >= 15 is 0 Å². The molecule has 2 unspecified atom stereocenters. The molecule has 1 aliphatic carbocycles. The highest BCUT2D eigenvalue weighted by molar-refractivity contribution is 6.05. The SMILES string of the molecule is CN1CCCCC1C1CN([C@@H]2CCCC[C@H]2Oc2ccc3c(c2)CN(C2CCC(=O)NC2=O)C3=O)C1. The van der Waals surface area contributed by atoms with Gasteiger partial charge in [0.15, 0.2) is 0 Å². The summed E-state index contributed by atoms with van der Waals surface area (Å²) in [6, 6.07) is 6.35. The van der Waals surface area contributed by atoms with E-state index in [4.69, 9.17) is 4.74 Å². The van der Waals surface area contributed by atoms with Crippen molar-refractivity contribution in [3.8, 4) is 5.75 Å². The maximum atomic E-state index is 13.0. The molecule has 8 nitrogen and oxygen atoms in total. The van der Waals surface area contributed by atoms with Gasteiger partial charge in [-0.05, 0) is 81.8 Å². The number of nitrogens with zero attached hydrogens (tertiary/aromatic N) is 3. The molecule has 0 bridgehead atoms. The highest BCUT2D eigenvalue weighted by Crippen LogP contribution is 2.36. The van der Waals surface area contributed by atoms with Gasteiger partial charge < -0.3 is 14.5 Å². The predicted octanol–water partition coefficient (Wildman–Crippen LogP) is 2.55. The number of rotatable bonds is 5. The zero-order valence-corrected chi connectivity index (χ0v) is 21.3. The zero-order chi connectivity index (χ0) is 24.8. The van der Waals surface area contributed by atoms with Gasteiger partial charge in [0.05, 0.1) is 0 Å². The smallest absolute Gasteiger partial charge is 0.255 e. The number of nitrogens with one attached hydrogen (secondary N) is 1. The van der Waals surface area contributed by atoms with Gasteiger partial charge in [-0.25, -0.2) is 0 Å². The third-order valence-corrected chi connectivity index (χ3v) is 9.23. The van der Waals surface area contributed by atoms with Gasteiger partial charge in [0.25, 0.3) is 5.91 Å². The van der Waals surface area contributed by atoms with Gasteiger partial charge in [0.1, 0.15) is 17.9 Å². The number of piperidine rings is 2. The molecule has 1 N–H and O–H groups in total. The van der Waals surface area contributed by atoms with Crippen LogP contribution in [0.15, 0.2) is 18.2 Å². The van der Waals surface area contributed by atoms with Gasteiger partial charge in [0.2, 0.25) is 11.8 Å². The summed E-state index contributed by atoms with van der Waals surface area (Å²) in [7, 11) is 2.29. The highest BCUT2D eigenvalue weighted by Gasteiger charge is 2.43. The van der Waals surface area contributed by atoms with Crippen molar-refractivity contribution in [1.82, 2.24) is 20.0 Å². The number of fused-ring (bicyclic) bond motifs is 1. The van der Waals surface area contributed by atoms with Crippen molar-refractivity contribution < 1.29 is 19.1 Å². The predicted molar refractivity (Wildman–Crippen MR) is 134 cm³/mol. The number of hydrogen-bond acceptors (Lipinski definition) is 6. The van der Waals surface area contributed by atoms with E-state index in [0.717, 1.165) is 29.7 Å². The first-order chi connectivity index (χ1) is 17.5. The number of likely N-dealkylation sites (tertiary alicyclic amines) is 2. The van der Waals surface area contributed by atoms with Gasteiger partial charge in [-0.15, -0.1) is 0 Å². The van der Waals surface area contributed by atoms with Crippen molar-refractivity contribution in [2.24, 2.45) is 5.92 Å². The Labute approximate surface area is 213 Å². The van der Waals surface area contributed by atoms with E-state index in [1.165, 1.54) is 58.2 Å². The number of imide groups is 1. The summed E-state index contributed by atoms with van der Waals surface area (Å²) >= 11 is 0.